The largest absolute Gasteiger partial charge is 0.488 e. The van der Waals surface area contributed by atoms with E-state index in [2.05, 4.69) is 22.9 Å². The first-order chi connectivity index (χ1) is 6.45. The second-order valence-electron chi connectivity index (χ2n) is 3.10. The van der Waals surface area contributed by atoms with Crippen LogP contribution in [0.5, 0.6) is 5.75 Å². The molecule has 0 aliphatic carbocycles. The minimum atomic E-state index is 0.718. The van der Waals surface area contributed by atoms with Gasteiger partial charge in [-0.15, -0.1) is 0 Å². The third-order valence-electron chi connectivity index (χ3n) is 2.30. The van der Waals surface area contributed by atoms with E-state index in [-0.39, 0.29) is 0 Å². The minimum Gasteiger partial charge on any atom is -0.488 e. The summed E-state index contributed by atoms with van der Waals surface area (Å²) in [6.07, 6.45) is 0. The Morgan fingerprint density at radius 2 is 2.00 bits per heavy atom. The van der Waals surface area contributed by atoms with E-state index >= 15 is 0 Å². The van der Waals surface area contributed by atoms with Gasteiger partial charge in [0.25, 0.3) is 0 Å². The highest BCUT2D eigenvalue weighted by Gasteiger charge is 2.16. The monoisotopic (exact) mass is 188 g/mol. The lowest BCUT2D eigenvalue weighted by Crippen LogP contribution is -2.02. The summed E-state index contributed by atoms with van der Waals surface area (Å²) in [6, 6.07) is 8.20. The number of fused-ring (bicyclic) bond motifs is 3. The van der Waals surface area contributed by atoms with Crippen LogP contribution in [0, 0.1) is 0 Å². The average Bonchev–Trinajstić information content (AvgIpc) is 2.65. The van der Waals surface area contributed by atoms with E-state index in [1.807, 2.05) is 12.1 Å². The Hall–Kier alpha value is -1.28. The molecule has 2 heteroatoms. The van der Waals surface area contributed by atoms with E-state index in [0.29, 0.717) is 0 Å². The Kier molecular flexibility index (Phi) is 1.43. The van der Waals surface area contributed by atoms with Gasteiger partial charge in [-0.2, -0.15) is 11.3 Å². The first kappa shape index (κ1) is 7.15. The molecule has 0 bridgehead atoms. The minimum absolute atomic E-state index is 0.718. The van der Waals surface area contributed by atoms with Crippen molar-refractivity contribution >= 4 is 11.3 Å². The van der Waals surface area contributed by atoms with Crippen LogP contribution >= 0.6 is 11.3 Å². The lowest BCUT2D eigenvalue weighted by atomic mass is 10.0. The van der Waals surface area contributed by atoms with Crippen molar-refractivity contribution in [3.63, 3.8) is 0 Å². The molecule has 0 saturated heterocycles. The van der Waals surface area contributed by atoms with Crippen LogP contribution in [0.2, 0.25) is 0 Å². The van der Waals surface area contributed by atoms with Gasteiger partial charge in [0.1, 0.15) is 12.4 Å². The van der Waals surface area contributed by atoms with Gasteiger partial charge in [-0.25, -0.2) is 0 Å². The quantitative estimate of drug-likeness (QED) is 0.616. The van der Waals surface area contributed by atoms with E-state index in [9.17, 15) is 0 Å². The zero-order valence-electron chi connectivity index (χ0n) is 6.99. The van der Waals surface area contributed by atoms with Crippen LogP contribution in [0.15, 0.2) is 35.0 Å². The lowest BCUT2D eigenvalue weighted by molar-refractivity contribution is 0.303. The molecule has 0 unspecified atom stereocenters. The highest BCUT2D eigenvalue weighted by atomic mass is 32.1. The number of rotatable bonds is 0. The first-order valence-corrected chi connectivity index (χ1v) is 5.17. The highest BCUT2D eigenvalue weighted by molar-refractivity contribution is 7.08. The Balaban J connectivity index is 2.30. The molecule has 0 fully saturated rings. The van der Waals surface area contributed by atoms with Crippen LogP contribution in [0.25, 0.3) is 11.1 Å². The molecule has 13 heavy (non-hydrogen) atoms. The number of thiophene rings is 1. The fourth-order valence-corrected chi connectivity index (χ4v) is 2.48. The summed E-state index contributed by atoms with van der Waals surface area (Å²) in [4.78, 5) is 0. The number of hydrogen-bond donors (Lipinski definition) is 0. The molecule has 2 aromatic rings. The molecular formula is C11H8OS. The standard InChI is InChI=1S/C11H8OS/c1-2-4-11-9(3-1)10-7-13-6-8(10)5-12-11/h1-4,6-7H,5H2. The van der Waals surface area contributed by atoms with Crippen LogP contribution in [-0.2, 0) is 6.61 Å². The summed E-state index contributed by atoms with van der Waals surface area (Å²) in [6.45, 7) is 0.718. The predicted octanol–water partition coefficient (Wildman–Crippen LogP) is 3.31. The molecule has 0 saturated carbocycles. The van der Waals surface area contributed by atoms with E-state index in [1.54, 1.807) is 11.3 Å². The van der Waals surface area contributed by atoms with Gasteiger partial charge < -0.3 is 4.74 Å². The lowest BCUT2D eigenvalue weighted by Gasteiger charge is -2.17. The molecule has 0 radical (unpaired) electrons. The van der Waals surface area contributed by atoms with Crippen molar-refractivity contribution in [2.24, 2.45) is 0 Å². The number of para-hydroxylation sites is 1. The highest BCUT2D eigenvalue weighted by Crippen LogP contribution is 2.38. The molecule has 64 valence electrons. The van der Waals surface area contributed by atoms with E-state index in [4.69, 9.17) is 4.74 Å². The Labute approximate surface area is 80.6 Å². The zero-order chi connectivity index (χ0) is 8.67. The molecule has 0 N–H and O–H groups in total. The van der Waals surface area contributed by atoms with Gasteiger partial charge in [-0.3, -0.25) is 0 Å². The fraction of sp³-hybridized carbons (Fsp3) is 0.0909. The van der Waals surface area contributed by atoms with Crippen LogP contribution in [0.1, 0.15) is 5.56 Å². The third kappa shape index (κ3) is 0.988. The van der Waals surface area contributed by atoms with Gasteiger partial charge >= 0.3 is 0 Å². The normalized spacial score (nSPS) is 12.9. The van der Waals surface area contributed by atoms with Crippen molar-refractivity contribution in [1.29, 1.82) is 0 Å². The Morgan fingerprint density at radius 1 is 1.08 bits per heavy atom. The summed E-state index contributed by atoms with van der Waals surface area (Å²) in [5.41, 5.74) is 3.88. The first-order valence-electron chi connectivity index (χ1n) is 4.22. The summed E-state index contributed by atoms with van der Waals surface area (Å²) >= 11 is 1.74. The Bertz CT molecular complexity index is 445. The Morgan fingerprint density at radius 3 is 3.00 bits per heavy atom. The zero-order valence-corrected chi connectivity index (χ0v) is 7.80. The van der Waals surface area contributed by atoms with Crippen LogP contribution in [0.4, 0.5) is 0 Å². The number of ether oxygens (including phenoxy) is 1. The second kappa shape index (κ2) is 2.60. The van der Waals surface area contributed by atoms with Gasteiger partial charge in [-0.1, -0.05) is 18.2 Å². The van der Waals surface area contributed by atoms with Crippen molar-refractivity contribution in [3.8, 4) is 16.9 Å². The summed E-state index contributed by atoms with van der Waals surface area (Å²) in [5, 5.41) is 4.35. The third-order valence-corrected chi connectivity index (χ3v) is 3.09. The van der Waals surface area contributed by atoms with Crippen molar-refractivity contribution < 1.29 is 4.74 Å². The van der Waals surface area contributed by atoms with E-state index < -0.39 is 0 Å². The van der Waals surface area contributed by atoms with Crippen LogP contribution < -0.4 is 4.74 Å². The maximum atomic E-state index is 5.61. The number of hydrogen-bond acceptors (Lipinski definition) is 2. The van der Waals surface area contributed by atoms with E-state index in [0.717, 1.165) is 12.4 Å². The second-order valence-corrected chi connectivity index (χ2v) is 3.84. The van der Waals surface area contributed by atoms with Crippen molar-refractivity contribution in [2.75, 3.05) is 0 Å². The SMILES string of the molecule is c1ccc2c(c1)OCc1cscc1-2. The molecule has 0 atom stereocenters. The molecule has 1 aromatic heterocycles. The van der Waals surface area contributed by atoms with Gasteiger partial charge in [0.15, 0.2) is 0 Å². The summed E-state index contributed by atoms with van der Waals surface area (Å²) < 4.78 is 5.61. The maximum Gasteiger partial charge on any atom is 0.127 e. The molecule has 1 nitrogen and oxygen atoms in total. The maximum absolute atomic E-state index is 5.61. The molecule has 0 spiro atoms. The van der Waals surface area contributed by atoms with Crippen molar-refractivity contribution in [1.82, 2.24) is 0 Å². The topological polar surface area (TPSA) is 9.23 Å². The van der Waals surface area contributed by atoms with Gasteiger partial charge in [0.2, 0.25) is 0 Å². The van der Waals surface area contributed by atoms with Gasteiger partial charge in [0.05, 0.1) is 0 Å². The van der Waals surface area contributed by atoms with Gasteiger partial charge in [-0.05, 0) is 16.8 Å². The summed E-state index contributed by atoms with van der Waals surface area (Å²) in [7, 11) is 0. The smallest absolute Gasteiger partial charge is 0.127 e. The molecule has 1 aliphatic heterocycles. The molecule has 1 aromatic carbocycles. The van der Waals surface area contributed by atoms with Gasteiger partial charge in [0, 0.05) is 16.7 Å². The molecule has 2 heterocycles. The summed E-state index contributed by atoms with van der Waals surface area (Å²) in [5.74, 6) is 1.01. The predicted molar refractivity (Wildman–Crippen MR) is 54.1 cm³/mol. The van der Waals surface area contributed by atoms with Crippen LogP contribution in [-0.4, -0.2) is 0 Å². The average molecular weight is 188 g/mol. The van der Waals surface area contributed by atoms with Crippen LogP contribution in [0.3, 0.4) is 0 Å². The molecular weight excluding hydrogens is 180 g/mol. The molecule has 1 aliphatic rings. The van der Waals surface area contributed by atoms with Crippen molar-refractivity contribution in [2.45, 2.75) is 6.61 Å². The van der Waals surface area contributed by atoms with E-state index in [1.165, 1.54) is 16.7 Å². The van der Waals surface area contributed by atoms with Crippen molar-refractivity contribution in [3.05, 3.63) is 40.6 Å². The molecule has 3 rings (SSSR count). The number of benzene rings is 1. The molecule has 0 amide bonds. The fourth-order valence-electron chi connectivity index (χ4n) is 1.64.